The van der Waals surface area contributed by atoms with Crippen molar-refractivity contribution < 1.29 is 13.7 Å². The molecule has 0 bridgehead atoms. The number of rotatable bonds is 2. The molecule has 1 aliphatic carbocycles. The van der Waals surface area contributed by atoms with Crippen molar-refractivity contribution in [1.29, 1.82) is 0 Å². The molecule has 1 saturated carbocycles. The topological polar surface area (TPSA) is 56.0 Å². The molecule has 1 fully saturated rings. The number of Topliss-reactive ketones (excluding diaryl/α,β-unsaturated/α-hetero) is 1. The zero-order valence-corrected chi connectivity index (χ0v) is 11.4. The van der Waals surface area contributed by atoms with Crippen LogP contribution in [0.15, 0.2) is 22.7 Å². The normalized spacial score (nSPS) is 19.3. The lowest BCUT2D eigenvalue weighted by atomic mass is 9.88. The minimum atomic E-state index is -0.426. The van der Waals surface area contributed by atoms with Crippen molar-refractivity contribution >= 4 is 17.4 Å². The number of carbonyl (C=O) groups is 1. The van der Waals surface area contributed by atoms with E-state index in [2.05, 4.69) is 10.1 Å². The van der Waals surface area contributed by atoms with Crippen LogP contribution >= 0.6 is 11.6 Å². The van der Waals surface area contributed by atoms with Crippen LogP contribution in [0.4, 0.5) is 4.39 Å². The Hall–Kier alpha value is -1.75. The summed E-state index contributed by atoms with van der Waals surface area (Å²) in [6.07, 6.45) is 3.18. The summed E-state index contributed by atoms with van der Waals surface area (Å²) in [5, 5.41) is 4.06. The molecule has 1 heterocycles. The molecular formula is C14H12ClFN2O2. The number of aromatic nitrogens is 2. The van der Waals surface area contributed by atoms with Gasteiger partial charge in [0.15, 0.2) is 0 Å². The minimum absolute atomic E-state index is 0.136. The van der Waals surface area contributed by atoms with Crippen LogP contribution in [0.1, 0.15) is 37.5 Å². The quantitative estimate of drug-likeness (QED) is 0.846. The number of hydrogen-bond donors (Lipinski definition) is 0. The van der Waals surface area contributed by atoms with Gasteiger partial charge in [0.25, 0.3) is 0 Å². The molecule has 0 spiro atoms. The molecule has 104 valence electrons. The largest absolute Gasteiger partial charge is 0.338 e. The zero-order valence-electron chi connectivity index (χ0n) is 10.6. The number of benzene rings is 1. The first-order chi connectivity index (χ1) is 9.65. The predicted molar refractivity (Wildman–Crippen MR) is 70.9 cm³/mol. The fourth-order valence-corrected chi connectivity index (χ4v) is 2.65. The van der Waals surface area contributed by atoms with Crippen molar-refractivity contribution in [2.75, 3.05) is 0 Å². The second-order valence-corrected chi connectivity index (χ2v) is 5.25. The second-order valence-electron chi connectivity index (χ2n) is 4.85. The molecule has 0 saturated heterocycles. The zero-order chi connectivity index (χ0) is 14.1. The second kappa shape index (κ2) is 5.32. The number of ketones is 1. The van der Waals surface area contributed by atoms with Gasteiger partial charge in [-0.1, -0.05) is 23.2 Å². The van der Waals surface area contributed by atoms with Crippen molar-refractivity contribution in [1.82, 2.24) is 10.1 Å². The van der Waals surface area contributed by atoms with E-state index in [0.29, 0.717) is 17.9 Å². The third kappa shape index (κ3) is 2.45. The molecule has 0 amide bonds. The number of hydrogen-bond acceptors (Lipinski definition) is 4. The summed E-state index contributed by atoms with van der Waals surface area (Å²) in [6.45, 7) is 0. The smallest absolute Gasteiger partial charge is 0.237 e. The maximum Gasteiger partial charge on any atom is 0.237 e. The third-order valence-corrected chi connectivity index (χ3v) is 3.78. The van der Waals surface area contributed by atoms with E-state index in [0.717, 1.165) is 19.3 Å². The average molecular weight is 295 g/mol. The van der Waals surface area contributed by atoms with E-state index in [4.69, 9.17) is 16.1 Å². The first-order valence-electron chi connectivity index (χ1n) is 6.47. The molecule has 0 aliphatic heterocycles. The van der Waals surface area contributed by atoms with E-state index in [-0.39, 0.29) is 22.5 Å². The number of halogens is 2. The minimum Gasteiger partial charge on any atom is -0.338 e. The average Bonchev–Trinajstić information content (AvgIpc) is 2.88. The lowest BCUT2D eigenvalue weighted by Crippen LogP contribution is -2.17. The fourth-order valence-electron chi connectivity index (χ4n) is 2.40. The van der Waals surface area contributed by atoms with E-state index < -0.39 is 5.82 Å². The van der Waals surface area contributed by atoms with Gasteiger partial charge >= 0.3 is 0 Å². The van der Waals surface area contributed by atoms with Crippen LogP contribution in [0.2, 0.25) is 5.02 Å². The SMILES string of the molecule is O=C1CCCCC1c1nc(-c2ccc(F)cc2Cl)no1. The van der Waals surface area contributed by atoms with Crippen molar-refractivity contribution in [2.45, 2.75) is 31.6 Å². The standard InChI is InChI=1S/C14H12ClFN2O2/c15-11-7-8(16)5-6-9(11)13-17-14(20-18-13)10-3-1-2-4-12(10)19/h5-7,10H,1-4H2. The van der Waals surface area contributed by atoms with Gasteiger partial charge in [-0.25, -0.2) is 4.39 Å². The Morgan fingerprint density at radius 2 is 2.20 bits per heavy atom. The van der Waals surface area contributed by atoms with Crippen LogP contribution < -0.4 is 0 Å². The lowest BCUT2D eigenvalue weighted by Gasteiger charge is -2.16. The van der Waals surface area contributed by atoms with Gasteiger partial charge in [0.2, 0.25) is 11.7 Å². The first-order valence-corrected chi connectivity index (χ1v) is 6.84. The molecular weight excluding hydrogens is 283 g/mol. The fraction of sp³-hybridized carbons (Fsp3) is 0.357. The summed E-state index contributed by atoms with van der Waals surface area (Å²) in [6, 6.07) is 3.97. The van der Waals surface area contributed by atoms with Crippen molar-refractivity contribution in [3.05, 3.63) is 34.9 Å². The molecule has 1 unspecified atom stereocenters. The number of carbonyl (C=O) groups excluding carboxylic acids is 1. The highest BCUT2D eigenvalue weighted by molar-refractivity contribution is 6.33. The summed E-state index contributed by atoms with van der Waals surface area (Å²) in [5.74, 6) is -0.000677. The van der Waals surface area contributed by atoms with Gasteiger partial charge in [-0.2, -0.15) is 4.98 Å². The Morgan fingerprint density at radius 1 is 1.35 bits per heavy atom. The van der Waals surface area contributed by atoms with Crippen molar-refractivity contribution in [3.63, 3.8) is 0 Å². The summed E-state index contributed by atoms with van der Waals surface area (Å²) >= 11 is 5.96. The van der Waals surface area contributed by atoms with Gasteiger partial charge < -0.3 is 4.52 Å². The maximum atomic E-state index is 13.0. The van der Waals surface area contributed by atoms with E-state index in [1.165, 1.54) is 18.2 Å². The van der Waals surface area contributed by atoms with Crippen LogP contribution in [-0.4, -0.2) is 15.9 Å². The van der Waals surface area contributed by atoms with Gasteiger partial charge in [0.05, 0.1) is 10.9 Å². The third-order valence-electron chi connectivity index (χ3n) is 3.47. The Bertz CT molecular complexity index is 656. The first kappa shape index (κ1) is 13.2. The predicted octanol–water partition coefficient (Wildman–Crippen LogP) is 3.76. The van der Waals surface area contributed by atoms with Gasteiger partial charge in [0, 0.05) is 12.0 Å². The van der Waals surface area contributed by atoms with Crippen molar-refractivity contribution in [2.24, 2.45) is 0 Å². The van der Waals surface area contributed by atoms with E-state index in [1.807, 2.05) is 0 Å². The molecule has 1 aliphatic rings. The van der Waals surface area contributed by atoms with Crippen LogP contribution in [-0.2, 0) is 4.79 Å². The maximum absolute atomic E-state index is 13.0. The van der Waals surface area contributed by atoms with E-state index in [9.17, 15) is 9.18 Å². The molecule has 2 aromatic rings. The molecule has 0 radical (unpaired) electrons. The number of nitrogens with zero attached hydrogens (tertiary/aromatic N) is 2. The Morgan fingerprint density at radius 3 is 2.95 bits per heavy atom. The summed E-state index contributed by atoms with van der Waals surface area (Å²) in [7, 11) is 0. The molecule has 20 heavy (non-hydrogen) atoms. The monoisotopic (exact) mass is 294 g/mol. The molecule has 3 rings (SSSR count). The molecule has 6 heteroatoms. The summed E-state index contributed by atoms with van der Waals surface area (Å²) in [5.41, 5.74) is 0.492. The summed E-state index contributed by atoms with van der Waals surface area (Å²) in [4.78, 5) is 16.1. The Balaban J connectivity index is 1.91. The van der Waals surface area contributed by atoms with Crippen LogP contribution in [0, 0.1) is 5.82 Å². The Kier molecular flexibility index (Phi) is 3.53. The highest BCUT2D eigenvalue weighted by Gasteiger charge is 2.29. The van der Waals surface area contributed by atoms with Gasteiger partial charge in [0.1, 0.15) is 11.6 Å². The highest BCUT2D eigenvalue weighted by Crippen LogP contribution is 2.31. The van der Waals surface area contributed by atoms with E-state index >= 15 is 0 Å². The molecule has 1 aromatic heterocycles. The van der Waals surface area contributed by atoms with Crippen LogP contribution in [0.3, 0.4) is 0 Å². The van der Waals surface area contributed by atoms with E-state index in [1.54, 1.807) is 0 Å². The van der Waals surface area contributed by atoms with Gasteiger partial charge in [-0.15, -0.1) is 0 Å². The van der Waals surface area contributed by atoms with Crippen molar-refractivity contribution in [3.8, 4) is 11.4 Å². The van der Waals surface area contributed by atoms with Gasteiger partial charge in [-0.05, 0) is 31.0 Å². The molecule has 4 nitrogen and oxygen atoms in total. The lowest BCUT2D eigenvalue weighted by molar-refractivity contribution is -0.122. The molecule has 1 aromatic carbocycles. The van der Waals surface area contributed by atoms with Crippen LogP contribution in [0.25, 0.3) is 11.4 Å². The highest BCUT2D eigenvalue weighted by atomic mass is 35.5. The molecule has 0 N–H and O–H groups in total. The Labute approximate surface area is 119 Å². The summed E-state index contributed by atoms with van der Waals surface area (Å²) < 4.78 is 18.2. The molecule has 1 atom stereocenters. The van der Waals surface area contributed by atoms with Crippen LogP contribution in [0.5, 0.6) is 0 Å². The van der Waals surface area contributed by atoms with Gasteiger partial charge in [-0.3, -0.25) is 4.79 Å².